The largest absolute Gasteiger partial charge is 0.393 e. The van der Waals surface area contributed by atoms with Crippen LogP contribution in [0.25, 0.3) is 0 Å². The van der Waals surface area contributed by atoms with Crippen LogP contribution in [0, 0.1) is 46.3 Å². The molecule has 38 heavy (non-hydrogen) atoms. The first-order valence-electron chi connectivity index (χ1n) is 15.0. The van der Waals surface area contributed by atoms with Crippen LogP contribution < -0.4 is 0 Å². The van der Waals surface area contributed by atoms with Crippen LogP contribution in [-0.4, -0.2) is 75.7 Å². The molecule has 1 amide bonds. The van der Waals surface area contributed by atoms with E-state index in [9.17, 15) is 33.1 Å². The summed E-state index contributed by atoms with van der Waals surface area (Å²) in [5.41, 5.74) is -0.222. The van der Waals surface area contributed by atoms with Gasteiger partial charge in [0.15, 0.2) is 0 Å². The fourth-order valence-corrected chi connectivity index (χ4v) is 11.1. The predicted molar refractivity (Wildman–Crippen MR) is 144 cm³/mol. The van der Waals surface area contributed by atoms with Crippen LogP contribution in [0.15, 0.2) is 0 Å². The van der Waals surface area contributed by atoms with Crippen LogP contribution in [0.4, 0.5) is 0 Å². The van der Waals surface area contributed by atoms with E-state index in [0.717, 1.165) is 44.9 Å². The number of aliphatic hydroxyl groups is 3. The summed E-state index contributed by atoms with van der Waals surface area (Å²) in [4.78, 5) is 14.7. The van der Waals surface area contributed by atoms with Gasteiger partial charge in [-0.05, 0) is 111 Å². The Labute approximate surface area is 228 Å². The third-order valence-corrected chi connectivity index (χ3v) is 13.9. The number of fused-ring (bicyclic) bond motifs is 5. The van der Waals surface area contributed by atoms with Crippen molar-refractivity contribution in [1.82, 2.24) is 4.90 Å². The van der Waals surface area contributed by atoms with E-state index in [1.807, 2.05) is 0 Å². The van der Waals surface area contributed by atoms with Crippen LogP contribution in [0.3, 0.4) is 0 Å². The molecule has 4 saturated carbocycles. The van der Waals surface area contributed by atoms with Gasteiger partial charge in [-0.2, -0.15) is 8.42 Å². The van der Waals surface area contributed by atoms with E-state index in [4.69, 9.17) is 0 Å². The fraction of sp³-hybridized carbons (Fsp3) is 0.966. The zero-order valence-electron chi connectivity index (χ0n) is 23.3. The van der Waals surface area contributed by atoms with Gasteiger partial charge in [-0.1, -0.05) is 20.8 Å². The van der Waals surface area contributed by atoms with E-state index in [0.29, 0.717) is 31.8 Å². The van der Waals surface area contributed by atoms with Crippen molar-refractivity contribution in [2.75, 3.05) is 13.1 Å². The van der Waals surface area contributed by atoms with Gasteiger partial charge in [0.2, 0.25) is 5.91 Å². The lowest BCUT2D eigenvalue weighted by atomic mass is 9.43. The number of likely N-dealkylation sites (tertiary alicyclic amines) is 1. The maximum atomic E-state index is 12.9. The zero-order chi connectivity index (χ0) is 27.6. The van der Waals surface area contributed by atoms with Gasteiger partial charge in [-0.25, -0.2) is 0 Å². The monoisotopic (exact) mass is 555 g/mol. The maximum Gasteiger partial charge on any atom is 0.267 e. The number of hydrogen-bond acceptors (Lipinski definition) is 6. The summed E-state index contributed by atoms with van der Waals surface area (Å²) < 4.78 is 32.1. The van der Waals surface area contributed by atoms with Crippen molar-refractivity contribution in [3.05, 3.63) is 0 Å². The SMILES string of the molecule is CC(CCC(=O)N1CCC(S(=O)(=O)O)CC1)C1CCC2C3C(O)CC4CC(O)CCC4(C)C3CC(O)C12C. The minimum atomic E-state index is -4.05. The summed E-state index contributed by atoms with van der Waals surface area (Å²) in [5.74, 6) is 1.61. The molecule has 8 nitrogen and oxygen atoms in total. The number of amides is 1. The molecule has 0 spiro atoms. The highest BCUT2D eigenvalue weighted by Gasteiger charge is 2.65. The molecule has 218 valence electrons. The van der Waals surface area contributed by atoms with E-state index >= 15 is 0 Å². The molecule has 0 aromatic rings. The van der Waals surface area contributed by atoms with Crippen molar-refractivity contribution in [2.45, 2.75) is 115 Å². The van der Waals surface area contributed by atoms with Gasteiger partial charge in [0.25, 0.3) is 10.1 Å². The number of carbonyl (C=O) groups excluding carboxylic acids is 1. The number of piperidine rings is 1. The number of carbonyl (C=O) groups is 1. The van der Waals surface area contributed by atoms with Crippen molar-refractivity contribution >= 4 is 16.0 Å². The normalized spacial score (nSPS) is 46.7. The average molecular weight is 556 g/mol. The van der Waals surface area contributed by atoms with Gasteiger partial charge in [0.05, 0.1) is 23.6 Å². The van der Waals surface area contributed by atoms with Gasteiger partial charge >= 0.3 is 0 Å². The molecule has 0 bridgehead atoms. The second-order valence-corrected chi connectivity index (χ2v) is 15.8. The molecule has 0 aromatic carbocycles. The third kappa shape index (κ3) is 4.76. The van der Waals surface area contributed by atoms with Crippen molar-refractivity contribution in [1.29, 1.82) is 0 Å². The highest BCUT2D eigenvalue weighted by molar-refractivity contribution is 7.86. The number of nitrogens with zero attached hydrogens (tertiary/aromatic N) is 1. The third-order valence-electron chi connectivity index (χ3n) is 12.6. The molecule has 0 aromatic heterocycles. The van der Waals surface area contributed by atoms with Crippen molar-refractivity contribution in [3.63, 3.8) is 0 Å². The van der Waals surface area contributed by atoms with E-state index in [1.54, 1.807) is 4.90 Å². The van der Waals surface area contributed by atoms with Gasteiger partial charge in [-0.15, -0.1) is 0 Å². The first-order valence-corrected chi connectivity index (χ1v) is 16.5. The number of rotatable bonds is 5. The van der Waals surface area contributed by atoms with Gasteiger partial charge in [0.1, 0.15) is 0 Å². The van der Waals surface area contributed by atoms with E-state index in [-0.39, 0.29) is 71.4 Å². The van der Waals surface area contributed by atoms with Crippen molar-refractivity contribution < 1.29 is 33.1 Å². The highest BCUT2D eigenvalue weighted by Crippen LogP contribution is 2.68. The molecule has 5 aliphatic rings. The highest BCUT2D eigenvalue weighted by atomic mass is 32.2. The van der Waals surface area contributed by atoms with Crippen LogP contribution >= 0.6 is 0 Å². The molecule has 1 saturated heterocycles. The molecular weight excluding hydrogens is 506 g/mol. The Morgan fingerprint density at radius 2 is 1.66 bits per heavy atom. The van der Waals surface area contributed by atoms with Crippen molar-refractivity contribution in [2.24, 2.45) is 46.3 Å². The predicted octanol–water partition coefficient (Wildman–Crippen LogP) is 3.24. The smallest absolute Gasteiger partial charge is 0.267 e. The maximum absolute atomic E-state index is 12.9. The summed E-state index contributed by atoms with van der Waals surface area (Å²) in [6, 6.07) is 0. The summed E-state index contributed by atoms with van der Waals surface area (Å²) in [5, 5.41) is 32.7. The molecule has 1 aliphatic heterocycles. The molecule has 4 aliphatic carbocycles. The molecule has 5 fully saturated rings. The van der Waals surface area contributed by atoms with Gasteiger partial charge < -0.3 is 20.2 Å². The van der Waals surface area contributed by atoms with E-state index < -0.39 is 21.5 Å². The molecule has 4 N–H and O–H groups in total. The van der Waals surface area contributed by atoms with Crippen LogP contribution in [0.2, 0.25) is 0 Å². The summed E-state index contributed by atoms with van der Waals surface area (Å²) in [6.07, 6.45) is 6.59. The van der Waals surface area contributed by atoms with Crippen molar-refractivity contribution in [3.8, 4) is 0 Å². The first-order chi connectivity index (χ1) is 17.8. The topological polar surface area (TPSA) is 135 Å². The Hall–Kier alpha value is -0.740. The lowest BCUT2D eigenvalue weighted by molar-refractivity contribution is -0.207. The minimum Gasteiger partial charge on any atom is -0.393 e. The average Bonchev–Trinajstić information content (AvgIpc) is 3.22. The Bertz CT molecular complexity index is 997. The van der Waals surface area contributed by atoms with Crippen LogP contribution in [0.5, 0.6) is 0 Å². The quantitative estimate of drug-likeness (QED) is 0.383. The molecule has 11 atom stereocenters. The van der Waals surface area contributed by atoms with Gasteiger partial charge in [-0.3, -0.25) is 9.35 Å². The van der Waals surface area contributed by atoms with Crippen LogP contribution in [-0.2, 0) is 14.9 Å². The Kier molecular flexibility index (Phi) is 7.78. The molecule has 9 heteroatoms. The summed E-state index contributed by atoms with van der Waals surface area (Å²) in [6.45, 7) is 7.50. The standard InChI is InChI=1S/C29H49NO7S/c1-17(4-7-26(34)30-12-9-20(10-13-30)38(35,36)37)21-5-6-22-27-23(16-25(33)29(21,22)3)28(2)11-8-19(31)14-18(28)15-24(27)32/h17-25,27,31-33H,4-16H2,1-3H3,(H,35,36,37). The first kappa shape index (κ1) is 28.8. The minimum absolute atomic E-state index is 0.0377. The summed E-state index contributed by atoms with van der Waals surface area (Å²) >= 11 is 0. The van der Waals surface area contributed by atoms with E-state index in [1.165, 1.54) is 0 Å². The number of hydrogen-bond donors (Lipinski definition) is 4. The second-order valence-electron chi connectivity index (χ2n) is 14.1. The van der Waals surface area contributed by atoms with E-state index in [2.05, 4.69) is 20.8 Å². The molecule has 0 radical (unpaired) electrons. The zero-order valence-corrected chi connectivity index (χ0v) is 24.2. The summed E-state index contributed by atoms with van der Waals surface area (Å²) in [7, 11) is -4.05. The number of aliphatic hydroxyl groups excluding tert-OH is 3. The second kappa shape index (κ2) is 10.3. The molecule has 1 heterocycles. The fourth-order valence-electron chi connectivity index (χ4n) is 10.2. The lowest BCUT2D eigenvalue weighted by Crippen LogP contribution is -2.62. The Morgan fingerprint density at radius 3 is 2.32 bits per heavy atom. The molecule has 5 rings (SSSR count). The van der Waals surface area contributed by atoms with Crippen LogP contribution in [0.1, 0.15) is 91.4 Å². The Balaban J connectivity index is 1.24. The lowest BCUT2D eigenvalue weighted by Gasteiger charge is -2.63. The molecular formula is C29H49NO7S. The van der Waals surface area contributed by atoms with Gasteiger partial charge in [0, 0.05) is 19.5 Å². The Morgan fingerprint density at radius 1 is 0.974 bits per heavy atom. The molecule has 11 unspecified atom stereocenters.